The van der Waals surface area contributed by atoms with Gasteiger partial charge in [-0.1, -0.05) is 0 Å². The van der Waals surface area contributed by atoms with E-state index >= 15 is 0 Å². The van der Waals surface area contributed by atoms with Gasteiger partial charge in [0.2, 0.25) is 5.91 Å². The minimum absolute atomic E-state index is 0. The van der Waals surface area contributed by atoms with Crippen LogP contribution in [0.2, 0.25) is 0 Å². The summed E-state index contributed by atoms with van der Waals surface area (Å²) in [7, 11) is 0. The maximum absolute atomic E-state index is 11.9. The van der Waals surface area contributed by atoms with Crippen molar-refractivity contribution in [1.82, 2.24) is 4.90 Å². The number of nitrogens with one attached hydrogen (secondary N) is 1. The molecule has 126 valence electrons. The largest absolute Gasteiger partial charge is 0.480 e. The molecule has 0 aromatic heterocycles. The number of carbonyl (C=O) groups excluding carboxylic acids is 2. The van der Waals surface area contributed by atoms with Crippen molar-refractivity contribution in [2.45, 2.75) is 32.2 Å². The van der Waals surface area contributed by atoms with E-state index < -0.39 is 12.0 Å². The Hall–Kier alpha value is -1.92. The quantitative estimate of drug-likeness (QED) is 0.775. The summed E-state index contributed by atoms with van der Waals surface area (Å²) in [6.07, 6.45) is 1.74. The predicted molar refractivity (Wildman–Crippen MR) is 89.2 cm³/mol. The molecule has 1 atom stereocenters. The summed E-state index contributed by atoms with van der Waals surface area (Å²) in [6.45, 7) is 2.65. The van der Waals surface area contributed by atoms with Crippen LogP contribution in [0.25, 0.3) is 0 Å². The molecule has 1 aromatic rings. The smallest absolute Gasteiger partial charge is 0.320 e. The van der Waals surface area contributed by atoms with E-state index in [-0.39, 0.29) is 30.5 Å². The summed E-state index contributed by atoms with van der Waals surface area (Å²) >= 11 is 0. The van der Waals surface area contributed by atoms with Crippen LogP contribution in [0.5, 0.6) is 0 Å². The number of ketones is 1. The zero-order chi connectivity index (χ0) is 16.1. The van der Waals surface area contributed by atoms with Crippen LogP contribution < -0.4 is 5.32 Å². The van der Waals surface area contributed by atoms with Gasteiger partial charge in [0.15, 0.2) is 5.78 Å². The van der Waals surface area contributed by atoms with Gasteiger partial charge < -0.3 is 10.4 Å². The number of likely N-dealkylation sites (tertiary alicyclic amines) is 1. The first-order valence-electron chi connectivity index (χ1n) is 7.35. The highest BCUT2D eigenvalue weighted by Gasteiger charge is 2.30. The molecule has 0 aliphatic carbocycles. The molecule has 6 nitrogen and oxygen atoms in total. The summed E-state index contributed by atoms with van der Waals surface area (Å²) in [6, 6.07) is 6.23. The fraction of sp³-hybridized carbons (Fsp3) is 0.438. The van der Waals surface area contributed by atoms with Crippen molar-refractivity contribution in [2.75, 3.05) is 18.4 Å². The Kier molecular flexibility index (Phi) is 7.19. The number of hydrogen-bond acceptors (Lipinski definition) is 4. The Labute approximate surface area is 141 Å². The molecule has 7 heteroatoms. The Morgan fingerprint density at radius 2 is 1.91 bits per heavy atom. The predicted octanol–water partition coefficient (Wildman–Crippen LogP) is 2.19. The molecular weight excluding hydrogens is 320 g/mol. The number of hydrogen-bond donors (Lipinski definition) is 2. The highest BCUT2D eigenvalue weighted by atomic mass is 35.5. The maximum Gasteiger partial charge on any atom is 0.320 e. The molecule has 1 aliphatic heterocycles. The van der Waals surface area contributed by atoms with E-state index in [1.54, 1.807) is 24.3 Å². The van der Waals surface area contributed by atoms with E-state index in [1.165, 1.54) is 6.92 Å². The van der Waals surface area contributed by atoms with Crippen molar-refractivity contribution in [3.05, 3.63) is 29.8 Å². The number of benzene rings is 1. The molecule has 2 rings (SSSR count). The topological polar surface area (TPSA) is 86.7 Å². The van der Waals surface area contributed by atoms with Crippen molar-refractivity contribution < 1.29 is 19.5 Å². The molecule has 0 saturated carbocycles. The summed E-state index contributed by atoms with van der Waals surface area (Å²) in [4.78, 5) is 36.0. The number of aliphatic carboxylic acids is 1. The number of Topliss-reactive ketones (excluding diaryl/α,β-unsaturated/α-hetero) is 1. The number of amides is 1. The maximum atomic E-state index is 11.9. The number of anilines is 1. The lowest BCUT2D eigenvalue weighted by molar-refractivity contribution is -0.142. The lowest BCUT2D eigenvalue weighted by Crippen LogP contribution is -2.37. The Morgan fingerprint density at radius 1 is 1.26 bits per heavy atom. The van der Waals surface area contributed by atoms with E-state index in [9.17, 15) is 14.4 Å². The summed E-state index contributed by atoms with van der Waals surface area (Å²) in [5, 5.41) is 11.8. The third-order valence-electron chi connectivity index (χ3n) is 3.85. The van der Waals surface area contributed by atoms with E-state index in [0.717, 1.165) is 13.0 Å². The van der Waals surface area contributed by atoms with Gasteiger partial charge >= 0.3 is 5.97 Å². The highest BCUT2D eigenvalue weighted by Crippen LogP contribution is 2.17. The molecule has 0 bridgehead atoms. The third kappa shape index (κ3) is 5.33. The van der Waals surface area contributed by atoms with Crippen LogP contribution in [0, 0.1) is 0 Å². The van der Waals surface area contributed by atoms with Crippen LogP contribution >= 0.6 is 12.4 Å². The lowest BCUT2D eigenvalue weighted by atomic mass is 10.1. The second-order valence-electron chi connectivity index (χ2n) is 5.46. The average molecular weight is 341 g/mol. The zero-order valence-corrected chi connectivity index (χ0v) is 13.8. The molecular formula is C16H21ClN2O4. The average Bonchev–Trinajstić information content (AvgIpc) is 2.94. The molecule has 2 N–H and O–H groups in total. The van der Waals surface area contributed by atoms with Gasteiger partial charge in [-0.05, 0) is 50.6 Å². The number of carboxylic acid groups (broad SMARTS) is 1. The number of rotatable bonds is 6. The van der Waals surface area contributed by atoms with Gasteiger partial charge in [0, 0.05) is 24.2 Å². The molecule has 1 heterocycles. The fourth-order valence-corrected chi connectivity index (χ4v) is 2.63. The first-order chi connectivity index (χ1) is 10.5. The molecule has 0 spiro atoms. The Bertz CT molecular complexity index is 574. The Morgan fingerprint density at radius 3 is 2.48 bits per heavy atom. The summed E-state index contributed by atoms with van der Waals surface area (Å²) < 4.78 is 0. The van der Waals surface area contributed by atoms with Crippen LogP contribution in [0.1, 0.15) is 36.5 Å². The van der Waals surface area contributed by atoms with E-state index in [0.29, 0.717) is 24.2 Å². The molecule has 1 fully saturated rings. The summed E-state index contributed by atoms with van der Waals surface area (Å²) in [5.41, 5.74) is 1.23. The fourth-order valence-electron chi connectivity index (χ4n) is 2.63. The first-order valence-corrected chi connectivity index (χ1v) is 7.35. The SMILES string of the molecule is CC(=O)c1ccc(NC(=O)CCN2CCC[C@H]2C(=O)O)cc1.Cl. The van der Waals surface area contributed by atoms with Gasteiger partial charge in [0.1, 0.15) is 6.04 Å². The van der Waals surface area contributed by atoms with Crippen LogP contribution in [0.15, 0.2) is 24.3 Å². The second-order valence-corrected chi connectivity index (χ2v) is 5.46. The van der Waals surface area contributed by atoms with Gasteiger partial charge in [-0.25, -0.2) is 0 Å². The number of halogens is 1. The van der Waals surface area contributed by atoms with Crippen molar-refractivity contribution in [1.29, 1.82) is 0 Å². The van der Waals surface area contributed by atoms with Gasteiger partial charge in [-0.15, -0.1) is 12.4 Å². The molecule has 23 heavy (non-hydrogen) atoms. The van der Waals surface area contributed by atoms with Crippen molar-refractivity contribution >= 4 is 35.8 Å². The highest BCUT2D eigenvalue weighted by molar-refractivity contribution is 5.95. The van der Waals surface area contributed by atoms with Crippen LogP contribution in [-0.4, -0.2) is 46.8 Å². The van der Waals surface area contributed by atoms with Crippen molar-refractivity contribution in [3.63, 3.8) is 0 Å². The van der Waals surface area contributed by atoms with Crippen molar-refractivity contribution in [3.8, 4) is 0 Å². The third-order valence-corrected chi connectivity index (χ3v) is 3.85. The molecule has 1 saturated heterocycles. The molecule has 1 aliphatic rings. The molecule has 1 amide bonds. The Balaban J connectivity index is 0.00000264. The number of nitrogens with zero attached hydrogens (tertiary/aromatic N) is 1. The number of carboxylic acids is 1. The standard InChI is InChI=1S/C16H20N2O4.ClH/c1-11(19)12-4-6-13(7-5-12)17-15(20)8-10-18-9-2-3-14(18)16(21)22;/h4-7,14H,2-3,8-10H2,1H3,(H,17,20)(H,21,22);1H/t14-;/m0./s1. The van der Waals surface area contributed by atoms with E-state index in [4.69, 9.17) is 5.11 Å². The number of carbonyl (C=O) groups is 3. The molecule has 0 unspecified atom stereocenters. The van der Waals surface area contributed by atoms with Gasteiger partial charge in [-0.2, -0.15) is 0 Å². The minimum atomic E-state index is -0.822. The van der Waals surface area contributed by atoms with Crippen molar-refractivity contribution in [2.24, 2.45) is 0 Å². The zero-order valence-electron chi connectivity index (χ0n) is 12.9. The molecule has 0 radical (unpaired) electrons. The monoisotopic (exact) mass is 340 g/mol. The van der Waals surface area contributed by atoms with Crippen LogP contribution in [-0.2, 0) is 9.59 Å². The molecule has 1 aromatic carbocycles. The summed E-state index contributed by atoms with van der Waals surface area (Å²) in [5.74, 6) is -1.00. The second kappa shape index (κ2) is 8.64. The van der Waals surface area contributed by atoms with E-state index in [2.05, 4.69) is 5.32 Å². The lowest BCUT2D eigenvalue weighted by Gasteiger charge is -2.20. The van der Waals surface area contributed by atoms with Gasteiger partial charge in [0.05, 0.1) is 0 Å². The first kappa shape index (κ1) is 19.1. The van der Waals surface area contributed by atoms with Crippen LogP contribution in [0.4, 0.5) is 5.69 Å². The van der Waals surface area contributed by atoms with Gasteiger partial charge in [0.25, 0.3) is 0 Å². The minimum Gasteiger partial charge on any atom is -0.480 e. The van der Waals surface area contributed by atoms with Crippen LogP contribution in [0.3, 0.4) is 0 Å². The van der Waals surface area contributed by atoms with Gasteiger partial charge in [-0.3, -0.25) is 19.3 Å². The van der Waals surface area contributed by atoms with E-state index in [1.807, 2.05) is 4.90 Å². The normalized spacial score (nSPS) is 17.3.